The Morgan fingerprint density at radius 3 is 2.30 bits per heavy atom. The molecule has 250 valence electrons. The average Bonchev–Trinajstić information content (AvgIpc) is 3.74. The molecule has 2 fully saturated rings. The number of amides is 2. The molecule has 3 heterocycles. The van der Waals surface area contributed by atoms with E-state index >= 15 is 0 Å². The van der Waals surface area contributed by atoms with Crippen LogP contribution in [0.5, 0.6) is 5.88 Å². The number of rotatable bonds is 11. The van der Waals surface area contributed by atoms with Crippen LogP contribution < -0.4 is 15.4 Å². The topological polar surface area (TPSA) is 111 Å². The van der Waals surface area contributed by atoms with Gasteiger partial charge in [0.05, 0.1) is 36.6 Å². The number of carbonyl (C=O) groups is 2. The van der Waals surface area contributed by atoms with Gasteiger partial charge < -0.3 is 15.4 Å². The number of aromatic nitrogens is 4. The van der Waals surface area contributed by atoms with Gasteiger partial charge in [0.25, 0.3) is 5.91 Å². The van der Waals surface area contributed by atoms with Crippen molar-refractivity contribution in [2.45, 2.75) is 81.7 Å². The van der Waals surface area contributed by atoms with Crippen molar-refractivity contribution in [3.05, 3.63) is 53.6 Å². The van der Waals surface area contributed by atoms with E-state index in [4.69, 9.17) is 0 Å². The molecule has 2 atom stereocenters. The molecule has 9 nitrogen and oxygen atoms in total. The van der Waals surface area contributed by atoms with Crippen LogP contribution in [0.3, 0.4) is 0 Å². The molecule has 2 saturated carbocycles. The summed E-state index contributed by atoms with van der Waals surface area (Å²) < 4.78 is 110. The highest BCUT2D eigenvalue weighted by Gasteiger charge is 2.40. The van der Waals surface area contributed by atoms with Crippen molar-refractivity contribution in [3.8, 4) is 5.88 Å². The molecule has 3 aromatic rings. The first kappa shape index (κ1) is 33.3. The SMILES string of the molecule is O=C(CCC(F)(F)F)NC(c1cnn2cc([C@@H](NC(=O)c3cccc(OCC(F)(F)F)n3)C3CCC(F)(F)CC3)nc2c1)C1CC1. The zero-order valence-corrected chi connectivity index (χ0v) is 24.2. The maximum Gasteiger partial charge on any atom is 0.422 e. The number of alkyl halides is 8. The van der Waals surface area contributed by atoms with Gasteiger partial charge in [0.1, 0.15) is 5.69 Å². The molecule has 2 N–H and O–H groups in total. The summed E-state index contributed by atoms with van der Waals surface area (Å²) in [6, 6.07) is 3.82. The molecule has 0 aliphatic heterocycles. The van der Waals surface area contributed by atoms with Gasteiger partial charge in [-0.15, -0.1) is 0 Å². The van der Waals surface area contributed by atoms with Crippen LogP contribution in [-0.4, -0.2) is 56.3 Å². The van der Waals surface area contributed by atoms with Crippen molar-refractivity contribution in [2.24, 2.45) is 11.8 Å². The molecule has 2 aliphatic rings. The van der Waals surface area contributed by atoms with E-state index in [-0.39, 0.29) is 35.8 Å². The van der Waals surface area contributed by atoms with Gasteiger partial charge in [-0.2, -0.15) is 31.4 Å². The third kappa shape index (κ3) is 9.02. The summed E-state index contributed by atoms with van der Waals surface area (Å²) in [6.07, 6.45) is -7.36. The maximum atomic E-state index is 14.0. The fourth-order valence-electron chi connectivity index (χ4n) is 5.46. The summed E-state index contributed by atoms with van der Waals surface area (Å²) in [5.41, 5.74) is 0.812. The monoisotopic (exact) mass is 662 g/mol. The quantitative estimate of drug-likeness (QED) is 0.234. The van der Waals surface area contributed by atoms with Crippen LogP contribution in [0.15, 0.2) is 36.7 Å². The lowest BCUT2D eigenvalue weighted by Gasteiger charge is -2.33. The van der Waals surface area contributed by atoms with Gasteiger partial charge in [-0.25, -0.2) is 23.3 Å². The molecule has 17 heteroatoms. The van der Waals surface area contributed by atoms with Crippen molar-refractivity contribution >= 4 is 17.5 Å². The van der Waals surface area contributed by atoms with E-state index in [1.54, 1.807) is 6.07 Å². The van der Waals surface area contributed by atoms with E-state index < -0.39 is 86.3 Å². The summed E-state index contributed by atoms with van der Waals surface area (Å²) in [5, 5.41) is 9.75. The van der Waals surface area contributed by atoms with Crippen molar-refractivity contribution in [3.63, 3.8) is 0 Å². The first-order chi connectivity index (χ1) is 21.6. The molecule has 0 saturated heterocycles. The Morgan fingerprint density at radius 1 is 0.957 bits per heavy atom. The lowest BCUT2D eigenvalue weighted by molar-refractivity contribution is -0.154. The Hall–Kier alpha value is -4.05. The van der Waals surface area contributed by atoms with E-state index in [0.29, 0.717) is 5.56 Å². The summed E-state index contributed by atoms with van der Waals surface area (Å²) in [4.78, 5) is 34.0. The van der Waals surface area contributed by atoms with Crippen molar-refractivity contribution < 1.29 is 49.4 Å². The Kier molecular flexibility index (Phi) is 9.40. The molecule has 2 amide bonds. The van der Waals surface area contributed by atoms with Crippen LogP contribution in [0.1, 0.15) is 85.2 Å². The summed E-state index contributed by atoms with van der Waals surface area (Å²) >= 11 is 0. The summed E-state index contributed by atoms with van der Waals surface area (Å²) in [6.45, 7) is -1.61. The van der Waals surface area contributed by atoms with Gasteiger partial charge in [0.15, 0.2) is 12.3 Å². The minimum absolute atomic E-state index is 0.00726. The first-order valence-corrected chi connectivity index (χ1v) is 14.6. The zero-order valence-electron chi connectivity index (χ0n) is 24.2. The van der Waals surface area contributed by atoms with Crippen molar-refractivity contribution in [2.75, 3.05) is 6.61 Å². The predicted molar refractivity (Wildman–Crippen MR) is 145 cm³/mol. The maximum absolute atomic E-state index is 14.0. The predicted octanol–water partition coefficient (Wildman–Crippen LogP) is 6.27. The normalized spacial score (nSPS) is 18.6. The Bertz CT molecular complexity index is 1550. The van der Waals surface area contributed by atoms with Gasteiger partial charge in [-0.3, -0.25) is 9.59 Å². The second-order valence-corrected chi connectivity index (χ2v) is 11.7. The third-order valence-corrected chi connectivity index (χ3v) is 7.94. The highest BCUT2D eigenvalue weighted by Crippen LogP contribution is 2.43. The van der Waals surface area contributed by atoms with Gasteiger partial charge in [-0.05, 0) is 55.2 Å². The van der Waals surface area contributed by atoms with Crippen molar-refractivity contribution in [1.82, 2.24) is 30.2 Å². The fraction of sp³-hybridized carbons (Fsp3) is 0.552. The second kappa shape index (κ2) is 13.0. The van der Waals surface area contributed by atoms with Crippen LogP contribution >= 0.6 is 0 Å². The number of halogens is 8. The molecule has 0 spiro atoms. The number of hydrogen-bond acceptors (Lipinski definition) is 6. The fourth-order valence-corrected chi connectivity index (χ4v) is 5.46. The minimum Gasteiger partial charge on any atom is -0.468 e. The van der Waals surface area contributed by atoms with Gasteiger partial charge in [0, 0.05) is 25.3 Å². The number of carbonyl (C=O) groups excluding carboxylic acids is 2. The number of imidazole rings is 1. The minimum atomic E-state index is -4.62. The van der Waals surface area contributed by atoms with Crippen LogP contribution in [-0.2, 0) is 4.79 Å². The molecule has 46 heavy (non-hydrogen) atoms. The molecule has 2 aliphatic carbocycles. The first-order valence-electron chi connectivity index (χ1n) is 14.6. The molecule has 0 aromatic carbocycles. The molecule has 3 aromatic heterocycles. The van der Waals surface area contributed by atoms with E-state index in [0.717, 1.165) is 18.9 Å². The Labute approximate surface area is 257 Å². The number of fused-ring (bicyclic) bond motifs is 1. The van der Waals surface area contributed by atoms with E-state index in [1.807, 2.05) is 0 Å². The van der Waals surface area contributed by atoms with Crippen LogP contribution in [0.2, 0.25) is 0 Å². The Balaban J connectivity index is 1.38. The summed E-state index contributed by atoms with van der Waals surface area (Å²) in [7, 11) is 0. The number of nitrogens with one attached hydrogen (secondary N) is 2. The summed E-state index contributed by atoms with van der Waals surface area (Å²) in [5.74, 6) is -5.32. The van der Waals surface area contributed by atoms with Crippen LogP contribution in [0.25, 0.3) is 5.65 Å². The van der Waals surface area contributed by atoms with E-state index in [1.165, 1.54) is 29.0 Å². The highest BCUT2D eigenvalue weighted by atomic mass is 19.4. The third-order valence-electron chi connectivity index (χ3n) is 7.94. The molecule has 1 unspecified atom stereocenters. The largest absolute Gasteiger partial charge is 0.468 e. The lowest BCUT2D eigenvalue weighted by atomic mass is 9.81. The van der Waals surface area contributed by atoms with Gasteiger partial charge >= 0.3 is 12.4 Å². The molecule has 5 rings (SSSR count). The van der Waals surface area contributed by atoms with E-state index in [9.17, 15) is 44.7 Å². The average molecular weight is 663 g/mol. The van der Waals surface area contributed by atoms with Crippen LogP contribution in [0, 0.1) is 11.8 Å². The van der Waals surface area contributed by atoms with Gasteiger partial charge in [-0.1, -0.05) is 6.07 Å². The number of pyridine rings is 1. The van der Waals surface area contributed by atoms with Crippen LogP contribution in [0.4, 0.5) is 35.1 Å². The lowest BCUT2D eigenvalue weighted by Crippen LogP contribution is -2.37. The zero-order chi connectivity index (χ0) is 33.3. The highest BCUT2D eigenvalue weighted by molar-refractivity contribution is 5.92. The smallest absolute Gasteiger partial charge is 0.422 e. The van der Waals surface area contributed by atoms with Crippen molar-refractivity contribution in [1.29, 1.82) is 0 Å². The Morgan fingerprint density at radius 2 is 1.65 bits per heavy atom. The molecular formula is C29H30F8N6O3. The number of hydrogen-bond donors (Lipinski definition) is 2. The molecular weight excluding hydrogens is 632 g/mol. The number of ether oxygens (including phenoxy) is 1. The van der Waals surface area contributed by atoms with E-state index in [2.05, 4.69) is 30.4 Å². The number of nitrogens with zero attached hydrogens (tertiary/aromatic N) is 4. The van der Waals surface area contributed by atoms with Gasteiger partial charge in [0.2, 0.25) is 17.7 Å². The molecule has 0 radical (unpaired) electrons. The standard InChI is InChI=1S/C29H30F8N6O3/c30-27(31)9-6-17(7-10-27)25(42-26(45)19-2-1-3-23(40-19)46-15-29(35,36)37)20-14-43-21(39-20)12-18(13-38-43)24(16-4-5-16)41-22(44)8-11-28(32,33)34/h1-3,12-14,16-17,24-25H,4-11,15H2,(H,41,44)(H,42,45)/t24?,25-/m0/s1. The molecule has 0 bridgehead atoms. The second-order valence-electron chi connectivity index (χ2n) is 11.7.